The number of rotatable bonds is 4. The van der Waals surface area contributed by atoms with E-state index in [1.54, 1.807) is 7.11 Å². The summed E-state index contributed by atoms with van der Waals surface area (Å²) in [5, 5.41) is 0. The van der Waals surface area contributed by atoms with E-state index in [1.807, 2.05) is 24.3 Å². The highest BCUT2D eigenvalue weighted by Crippen LogP contribution is 2.33. The van der Waals surface area contributed by atoms with E-state index in [0.29, 0.717) is 13.0 Å². The molecule has 1 heterocycles. The highest BCUT2D eigenvalue weighted by molar-refractivity contribution is 7.87. The second-order valence-electron chi connectivity index (χ2n) is 4.52. The quantitative estimate of drug-likeness (QED) is 0.856. The minimum atomic E-state index is -4.01. The van der Waals surface area contributed by atoms with Gasteiger partial charge in [-0.15, -0.1) is 4.48 Å². The predicted molar refractivity (Wildman–Crippen MR) is 69.7 cm³/mol. The summed E-state index contributed by atoms with van der Waals surface area (Å²) in [6.07, 6.45) is 1.56. The van der Waals surface area contributed by atoms with Crippen molar-refractivity contribution in [1.82, 2.24) is 9.25 Å². The number of hydrogen-bond acceptors (Lipinski definition) is 3. The molecule has 1 aromatic carbocycles. The Bertz CT molecular complexity index is 536. The van der Waals surface area contributed by atoms with Gasteiger partial charge in [0.25, 0.3) is 0 Å². The maximum atomic E-state index is 12.3. The fraction of sp³-hybridized carbons (Fsp3) is 0.500. The first kappa shape index (κ1) is 14.2. The normalized spacial score (nSPS) is 21.3. The molecule has 0 aliphatic carbocycles. The lowest BCUT2D eigenvalue weighted by Crippen LogP contribution is -2.43. The van der Waals surface area contributed by atoms with Crippen molar-refractivity contribution in [3.8, 4) is 5.75 Å². The van der Waals surface area contributed by atoms with Crippen molar-refractivity contribution < 1.29 is 17.6 Å². The van der Waals surface area contributed by atoms with E-state index >= 15 is 0 Å². The summed E-state index contributed by atoms with van der Waals surface area (Å²) in [6, 6.07) is 7.51. The zero-order chi connectivity index (χ0) is 13.9. The Kier molecular flexibility index (Phi) is 4.38. The van der Waals surface area contributed by atoms with E-state index in [2.05, 4.69) is 0 Å². The van der Waals surface area contributed by atoms with E-state index in [1.165, 1.54) is 0 Å². The van der Waals surface area contributed by atoms with Gasteiger partial charge in [0.15, 0.2) is 0 Å². The molecular weight excluding hydrogens is 271 g/mol. The number of para-hydroxylation sites is 1. The predicted octanol–water partition coefficient (Wildman–Crippen LogP) is 1.59. The molecule has 1 saturated heterocycles. The Balaban J connectivity index is 2.22. The molecule has 5 nitrogen and oxygen atoms in total. The maximum Gasteiger partial charge on any atom is 0.305 e. The molecule has 19 heavy (non-hydrogen) atoms. The van der Waals surface area contributed by atoms with Crippen LogP contribution in [-0.2, 0) is 10.2 Å². The van der Waals surface area contributed by atoms with Gasteiger partial charge in [-0.1, -0.05) is 18.2 Å². The van der Waals surface area contributed by atoms with Crippen LogP contribution in [0.25, 0.3) is 0 Å². The van der Waals surface area contributed by atoms with Crippen molar-refractivity contribution in [2.45, 2.75) is 18.8 Å². The highest BCUT2D eigenvalue weighted by Gasteiger charge is 2.30. The van der Waals surface area contributed by atoms with Crippen LogP contribution < -0.4 is 9.68 Å². The first-order valence-corrected chi connectivity index (χ1v) is 7.53. The van der Waals surface area contributed by atoms with E-state index < -0.39 is 10.2 Å². The lowest BCUT2D eigenvalue weighted by Gasteiger charge is -2.31. The average molecular weight is 288 g/mol. The van der Waals surface area contributed by atoms with Crippen LogP contribution >= 0.6 is 0 Å². The van der Waals surface area contributed by atoms with Gasteiger partial charge in [0.1, 0.15) is 5.75 Å². The fourth-order valence-corrected chi connectivity index (χ4v) is 3.31. The summed E-state index contributed by atoms with van der Waals surface area (Å²) >= 11 is 0. The van der Waals surface area contributed by atoms with Crippen LogP contribution in [0.2, 0.25) is 0 Å². The Morgan fingerprint density at radius 3 is 2.84 bits per heavy atom. The Morgan fingerprint density at radius 2 is 2.16 bits per heavy atom. The third-order valence-electron chi connectivity index (χ3n) is 3.40. The summed E-state index contributed by atoms with van der Waals surface area (Å²) in [6.45, 7) is 0.602. The van der Waals surface area contributed by atoms with Crippen molar-refractivity contribution in [2.75, 3.05) is 20.2 Å². The molecule has 1 fully saturated rings. The van der Waals surface area contributed by atoms with Gasteiger partial charge < -0.3 is 4.74 Å². The number of methoxy groups -OCH3 is 1. The van der Waals surface area contributed by atoms with Crippen LogP contribution in [0.5, 0.6) is 5.75 Å². The minimum absolute atomic E-state index is 0.0213. The van der Waals surface area contributed by atoms with Gasteiger partial charge >= 0.3 is 10.2 Å². The summed E-state index contributed by atoms with van der Waals surface area (Å²) in [5.41, 5.74) is 0.962. The molecule has 0 radical (unpaired) electrons. The number of piperidine rings is 1. The van der Waals surface area contributed by atoms with Gasteiger partial charge in [0.2, 0.25) is 0 Å². The summed E-state index contributed by atoms with van der Waals surface area (Å²) in [5.74, 6) is 0.757. The van der Waals surface area contributed by atoms with E-state index in [-0.39, 0.29) is 12.5 Å². The largest absolute Gasteiger partial charge is 0.496 e. The lowest BCUT2D eigenvalue weighted by atomic mass is 9.91. The SMILES string of the molecule is COc1ccccc1C1CCCN(S(=O)(=O)NF)C1. The molecule has 0 spiro atoms. The maximum absolute atomic E-state index is 12.3. The Morgan fingerprint density at radius 1 is 1.42 bits per heavy atom. The molecule has 1 aromatic rings. The molecule has 0 amide bonds. The second kappa shape index (κ2) is 5.85. The van der Waals surface area contributed by atoms with Crippen molar-refractivity contribution in [2.24, 2.45) is 0 Å². The second-order valence-corrected chi connectivity index (χ2v) is 6.14. The number of nitrogens with one attached hydrogen (secondary N) is 1. The van der Waals surface area contributed by atoms with Crippen LogP contribution in [0.15, 0.2) is 24.3 Å². The lowest BCUT2D eigenvalue weighted by molar-refractivity contribution is 0.290. The molecule has 1 aliphatic heterocycles. The smallest absolute Gasteiger partial charge is 0.305 e. The van der Waals surface area contributed by atoms with Gasteiger partial charge in [0, 0.05) is 19.0 Å². The zero-order valence-corrected chi connectivity index (χ0v) is 11.5. The third-order valence-corrected chi connectivity index (χ3v) is 4.61. The standard InChI is InChI=1S/C12H17FN2O3S/c1-18-12-7-3-2-6-11(12)10-5-4-8-15(9-10)19(16,17)14-13/h2-3,6-7,10,14H,4-5,8-9H2,1H3. The summed E-state index contributed by atoms with van der Waals surface area (Å²) < 4.78 is 41.7. The van der Waals surface area contributed by atoms with Gasteiger partial charge in [-0.05, 0) is 29.4 Å². The molecule has 1 N–H and O–H groups in total. The first-order chi connectivity index (χ1) is 9.08. The average Bonchev–Trinajstić information content (AvgIpc) is 2.47. The van der Waals surface area contributed by atoms with Crippen molar-refractivity contribution in [1.29, 1.82) is 0 Å². The molecular formula is C12H17FN2O3S. The fourth-order valence-electron chi connectivity index (χ4n) is 2.47. The third kappa shape index (κ3) is 3.05. The Hall–Kier alpha value is -1.18. The van der Waals surface area contributed by atoms with Crippen LogP contribution in [0.3, 0.4) is 0 Å². The van der Waals surface area contributed by atoms with Crippen LogP contribution in [0, 0.1) is 0 Å². The van der Waals surface area contributed by atoms with E-state index in [0.717, 1.165) is 27.0 Å². The van der Waals surface area contributed by atoms with E-state index in [9.17, 15) is 12.9 Å². The van der Waals surface area contributed by atoms with Gasteiger partial charge in [0.05, 0.1) is 7.11 Å². The van der Waals surface area contributed by atoms with Crippen molar-refractivity contribution in [3.63, 3.8) is 0 Å². The number of hydrogen-bond donors (Lipinski definition) is 1. The molecule has 2 rings (SSSR count). The van der Waals surface area contributed by atoms with Crippen LogP contribution in [0.1, 0.15) is 24.3 Å². The molecule has 0 aromatic heterocycles. The number of nitrogens with zero attached hydrogens (tertiary/aromatic N) is 1. The number of benzene rings is 1. The van der Waals surface area contributed by atoms with Crippen molar-refractivity contribution >= 4 is 10.2 Å². The highest BCUT2D eigenvalue weighted by atomic mass is 32.2. The molecule has 1 unspecified atom stereocenters. The van der Waals surface area contributed by atoms with Crippen LogP contribution in [0.4, 0.5) is 4.48 Å². The number of halogens is 1. The number of ether oxygens (including phenoxy) is 1. The molecule has 1 aliphatic rings. The zero-order valence-electron chi connectivity index (χ0n) is 10.7. The molecule has 0 saturated carbocycles. The minimum Gasteiger partial charge on any atom is -0.496 e. The van der Waals surface area contributed by atoms with Gasteiger partial charge in [-0.25, -0.2) is 0 Å². The topological polar surface area (TPSA) is 58.6 Å². The van der Waals surface area contributed by atoms with E-state index in [4.69, 9.17) is 4.74 Å². The molecule has 0 bridgehead atoms. The summed E-state index contributed by atoms with van der Waals surface area (Å²) in [7, 11) is -2.42. The van der Waals surface area contributed by atoms with Gasteiger partial charge in [-0.3, -0.25) is 0 Å². The molecule has 7 heteroatoms. The summed E-state index contributed by atoms with van der Waals surface area (Å²) in [4.78, 5) is 0.879. The molecule has 1 atom stereocenters. The Labute approximate surface area is 112 Å². The van der Waals surface area contributed by atoms with Crippen molar-refractivity contribution in [3.05, 3.63) is 29.8 Å². The van der Waals surface area contributed by atoms with Gasteiger partial charge in [-0.2, -0.15) is 12.7 Å². The van der Waals surface area contributed by atoms with Crippen LogP contribution in [-0.4, -0.2) is 32.9 Å². The monoisotopic (exact) mass is 288 g/mol. The molecule has 106 valence electrons. The first-order valence-electron chi connectivity index (χ1n) is 6.09.